The zero-order chi connectivity index (χ0) is 27.0. The average Bonchev–Trinajstić information content (AvgIpc) is 3.47. The number of hydrogen-bond donors (Lipinski definition) is 2. The van der Waals surface area contributed by atoms with Gasteiger partial charge in [0.2, 0.25) is 0 Å². The van der Waals surface area contributed by atoms with Crippen LogP contribution in [-0.4, -0.2) is 68.0 Å². The largest absolute Gasteiger partial charge is 0.486 e. The van der Waals surface area contributed by atoms with Crippen molar-refractivity contribution in [2.45, 2.75) is 46.1 Å². The molecule has 5 rings (SSSR count). The van der Waals surface area contributed by atoms with Crippen LogP contribution >= 0.6 is 11.6 Å². The molecule has 1 fully saturated rings. The highest BCUT2D eigenvalue weighted by Gasteiger charge is 2.27. The van der Waals surface area contributed by atoms with Crippen molar-refractivity contribution < 1.29 is 14.6 Å². The van der Waals surface area contributed by atoms with Crippen LogP contribution in [-0.2, 0) is 13.1 Å². The van der Waals surface area contributed by atoms with Crippen LogP contribution in [0.5, 0.6) is 5.75 Å². The maximum Gasteiger partial charge on any atom is 0.273 e. The van der Waals surface area contributed by atoms with Gasteiger partial charge in [-0.25, -0.2) is 9.97 Å². The summed E-state index contributed by atoms with van der Waals surface area (Å²) >= 11 is 6.65. The lowest BCUT2D eigenvalue weighted by Gasteiger charge is -2.19. The fourth-order valence-electron chi connectivity index (χ4n) is 4.68. The number of aliphatic hydroxyl groups excluding tert-OH is 1. The van der Waals surface area contributed by atoms with Crippen molar-refractivity contribution in [1.82, 2.24) is 30.0 Å². The fourth-order valence-corrected chi connectivity index (χ4v) is 4.93. The van der Waals surface area contributed by atoms with Gasteiger partial charge in [-0.05, 0) is 51.1 Å². The van der Waals surface area contributed by atoms with Crippen LogP contribution in [0.1, 0.15) is 34.2 Å². The second-order valence-electron chi connectivity index (χ2n) is 9.67. The Balaban J connectivity index is 1.49. The second kappa shape index (κ2) is 10.7. The Hall–Kier alpha value is -3.53. The molecule has 0 aliphatic carbocycles. The number of benzene rings is 2. The van der Waals surface area contributed by atoms with E-state index < -0.39 is 6.10 Å². The van der Waals surface area contributed by atoms with Gasteiger partial charge in [-0.3, -0.25) is 9.48 Å². The van der Waals surface area contributed by atoms with Gasteiger partial charge in [-0.2, -0.15) is 5.10 Å². The molecule has 2 aromatic heterocycles. The van der Waals surface area contributed by atoms with E-state index in [2.05, 4.69) is 10.4 Å². The predicted molar refractivity (Wildman–Crippen MR) is 146 cm³/mol. The van der Waals surface area contributed by atoms with E-state index >= 15 is 0 Å². The normalized spacial score (nSPS) is 17.2. The number of nitrogens with one attached hydrogen (secondary N) is 1. The average molecular weight is 535 g/mol. The number of β-amino-alcohol motifs (C(OH)–C–C–N with tert-alkyl or cyclic N) is 1. The van der Waals surface area contributed by atoms with E-state index in [4.69, 9.17) is 26.3 Å². The highest BCUT2D eigenvalue weighted by Crippen LogP contribution is 2.32. The maximum atomic E-state index is 13.7. The van der Waals surface area contributed by atoms with Crippen molar-refractivity contribution in [2.75, 3.05) is 20.1 Å². The Labute approximate surface area is 226 Å². The van der Waals surface area contributed by atoms with Crippen LogP contribution in [0.2, 0.25) is 5.02 Å². The van der Waals surface area contributed by atoms with E-state index in [9.17, 15) is 9.90 Å². The SMILES string of the molecule is CCn1ncc(CN(C)C(=O)c2nc(-c3ccc(O[C@@H]4CNC[C@H]4O)cc3Cl)nc3ccc(C)cc23)c1C. The molecular formula is C28H31ClN6O3. The Morgan fingerprint density at radius 1 is 1.21 bits per heavy atom. The number of amides is 1. The van der Waals surface area contributed by atoms with Gasteiger partial charge in [0.05, 0.1) is 16.7 Å². The van der Waals surface area contributed by atoms with E-state index in [-0.39, 0.29) is 12.0 Å². The molecule has 0 radical (unpaired) electrons. The molecule has 1 aliphatic heterocycles. The van der Waals surface area contributed by atoms with Crippen molar-refractivity contribution >= 4 is 28.4 Å². The summed E-state index contributed by atoms with van der Waals surface area (Å²) in [6.07, 6.45) is 0.886. The fraction of sp³-hybridized carbons (Fsp3) is 0.357. The monoisotopic (exact) mass is 534 g/mol. The van der Waals surface area contributed by atoms with Gasteiger partial charge in [0.1, 0.15) is 23.7 Å². The zero-order valence-corrected chi connectivity index (χ0v) is 22.7. The first-order valence-electron chi connectivity index (χ1n) is 12.7. The van der Waals surface area contributed by atoms with Gasteiger partial charge < -0.3 is 20.1 Å². The molecule has 4 aromatic rings. The van der Waals surface area contributed by atoms with Gasteiger partial charge >= 0.3 is 0 Å². The molecule has 0 unspecified atom stereocenters. The molecule has 198 valence electrons. The number of aromatic nitrogens is 4. The van der Waals surface area contributed by atoms with E-state index in [1.54, 1.807) is 36.3 Å². The summed E-state index contributed by atoms with van der Waals surface area (Å²) in [5.74, 6) is 0.681. The van der Waals surface area contributed by atoms with Crippen LogP contribution in [0.4, 0.5) is 0 Å². The summed E-state index contributed by atoms with van der Waals surface area (Å²) in [6.45, 7) is 8.25. The first kappa shape index (κ1) is 26.1. The zero-order valence-electron chi connectivity index (χ0n) is 21.9. The number of halogens is 1. The molecular weight excluding hydrogens is 504 g/mol. The van der Waals surface area contributed by atoms with Gasteiger partial charge in [0.25, 0.3) is 5.91 Å². The first-order chi connectivity index (χ1) is 18.2. The minimum absolute atomic E-state index is 0.216. The van der Waals surface area contributed by atoms with Crippen molar-refractivity contribution in [1.29, 1.82) is 0 Å². The van der Waals surface area contributed by atoms with Crippen LogP contribution in [0.25, 0.3) is 22.3 Å². The second-order valence-corrected chi connectivity index (χ2v) is 10.1. The number of ether oxygens (including phenoxy) is 1. The lowest BCUT2D eigenvalue weighted by molar-refractivity contribution is 0.0738. The molecule has 38 heavy (non-hydrogen) atoms. The summed E-state index contributed by atoms with van der Waals surface area (Å²) < 4.78 is 7.82. The summed E-state index contributed by atoms with van der Waals surface area (Å²) in [5.41, 5.74) is 4.58. The lowest BCUT2D eigenvalue weighted by atomic mass is 10.1. The summed E-state index contributed by atoms with van der Waals surface area (Å²) in [7, 11) is 1.76. The summed E-state index contributed by atoms with van der Waals surface area (Å²) in [5, 5.41) is 18.6. The summed E-state index contributed by atoms with van der Waals surface area (Å²) in [6, 6.07) is 11.0. The van der Waals surface area contributed by atoms with E-state index in [1.165, 1.54) is 0 Å². The molecule has 0 saturated carbocycles. The number of carbonyl (C=O) groups excluding carboxylic acids is 1. The van der Waals surface area contributed by atoms with Crippen molar-refractivity contribution in [2.24, 2.45) is 0 Å². The van der Waals surface area contributed by atoms with Gasteiger partial charge in [0, 0.05) is 55.4 Å². The summed E-state index contributed by atoms with van der Waals surface area (Å²) in [4.78, 5) is 24.8. The van der Waals surface area contributed by atoms with Gasteiger partial charge in [-0.15, -0.1) is 0 Å². The van der Waals surface area contributed by atoms with Gasteiger partial charge in [-0.1, -0.05) is 23.2 Å². The number of rotatable bonds is 7. The third kappa shape index (κ3) is 5.09. The molecule has 1 aliphatic rings. The smallest absolute Gasteiger partial charge is 0.273 e. The Morgan fingerprint density at radius 2 is 2.03 bits per heavy atom. The molecule has 2 aromatic carbocycles. The quantitative estimate of drug-likeness (QED) is 0.372. The molecule has 1 saturated heterocycles. The van der Waals surface area contributed by atoms with E-state index in [1.807, 2.05) is 43.7 Å². The maximum absolute atomic E-state index is 13.7. The third-order valence-corrected chi connectivity index (χ3v) is 7.22. The van der Waals surface area contributed by atoms with E-state index in [0.29, 0.717) is 58.4 Å². The highest BCUT2D eigenvalue weighted by atomic mass is 35.5. The minimum atomic E-state index is -0.577. The van der Waals surface area contributed by atoms with E-state index in [0.717, 1.165) is 23.4 Å². The molecule has 0 spiro atoms. The molecule has 9 nitrogen and oxygen atoms in total. The number of nitrogens with zero attached hydrogens (tertiary/aromatic N) is 5. The molecule has 2 atom stereocenters. The van der Waals surface area contributed by atoms with Crippen LogP contribution in [0.15, 0.2) is 42.6 Å². The minimum Gasteiger partial charge on any atom is -0.486 e. The Kier molecular flexibility index (Phi) is 7.34. The molecule has 2 N–H and O–H groups in total. The van der Waals surface area contributed by atoms with Crippen LogP contribution in [0, 0.1) is 13.8 Å². The third-order valence-electron chi connectivity index (χ3n) is 6.91. The number of aryl methyl sites for hydroxylation is 2. The lowest BCUT2D eigenvalue weighted by Crippen LogP contribution is -2.29. The van der Waals surface area contributed by atoms with Crippen LogP contribution in [0.3, 0.4) is 0 Å². The first-order valence-corrected chi connectivity index (χ1v) is 13.0. The van der Waals surface area contributed by atoms with Gasteiger partial charge in [0.15, 0.2) is 5.82 Å². The molecule has 1 amide bonds. The topological polar surface area (TPSA) is 105 Å². The standard InChI is InChI=1S/C28H31ClN6O3/c1-5-35-17(3)18(12-31-35)15-34(4)28(37)26-21-10-16(2)6-9-23(21)32-27(33-26)20-8-7-19(11-22(20)29)38-25-14-30-13-24(25)36/h6-12,24-25,30,36H,5,13-15H2,1-4H3/t24-,25-/m1/s1. The van der Waals surface area contributed by atoms with Crippen molar-refractivity contribution in [3.05, 3.63) is 70.1 Å². The number of hydrogen-bond acceptors (Lipinski definition) is 7. The number of aliphatic hydroxyl groups is 1. The molecule has 10 heteroatoms. The van der Waals surface area contributed by atoms with Crippen LogP contribution < -0.4 is 10.1 Å². The highest BCUT2D eigenvalue weighted by molar-refractivity contribution is 6.33. The number of carbonyl (C=O) groups is 1. The molecule has 3 heterocycles. The molecule has 0 bridgehead atoms. The number of fused-ring (bicyclic) bond motifs is 1. The van der Waals surface area contributed by atoms with Crippen molar-refractivity contribution in [3.8, 4) is 17.1 Å². The predicted octanol–water partition coefficient (Wildman–Crippen LogP) is 3.77. The Morgan fingerprint density at radius 3 is 2.71 bits per heavy atom. The Bertz CT molecular complexity index is 1500. The van der Waals surface area contributed by atoms with Crippen molar-refractivity contribution in [3.63, 3.8) is 0 Å².